The summed E-state index contributed by atoms with van der Waals surface area (Å²) >= 11 is 0.555. The molecule has 0 saturated carbocycles. The number of rotatable bonds is 2. The van der Waals surface area contributed by atoms with Crippen LogP contribution in [0.3, 0.4) is 0 Å². The van der Waals surface area contributed by atoms with Gasteiger partial charge >= 0.3 is 6.18 Å². The quantitative estimate of drug-likeness (QED) is 0.785. The number of fused-ring (bicyclic) bond motifs is 1. The summed E-state index contributed by atoms with van der Waals surface area (Å²) in [6.07, 6.45) is -7.24. The zero-order valence-corrected chi connectivity index (χ0v) is 14.4. The molecular weight excluding hydrogens is 391 g/mol. The van der Waals surface area contributed by atoms with E-state index in [-0.39, 0.29) is 16.1 Å². The van der Waals surface area contributed by atoms with Crippen molar-refractivity contribution in [3.8, 4) is 10.6 Å². The number of alkyl halides is 5. The van der Waals surface area contributed by atoms with Gasteiger partial charge in [-0.15, -0.1) is 11.3 Å². The van der Waals surface area contributed by atoms with Crippen molar-refractivity contribution in [3.05, 3.63) is 22.9 Å². The molecule has 1 atom stereocenters. The summed E-state index contributed by atoms with van der Waals surface area (Å²) in [7, 11) is -2.76. The van der Waals surface area contributed by atoms with Gasteiger partial charge in [-0.25, -0.2) is 17.2 Å². The molecule has 1 N–H and O–H groups in total. The highest BCUT2D eigenvalue weighted by Crippen LogP contribution is 2.53. The van der Waals surface area contributed by atoms with Gasteiger partial charge in [0.1, 0.15) is 10.3 Å². The van der Waals surface area contributed by atoms with E-state index in [0.29, 0.717) is 17.4 Å². The Morgan fingerprint density at radius 3 is 2.48 bits per heavy atom. The number of aliphatic hydroxyl groups is 1. The van der Waals surface area contributed by atoms with E-state index < -0.39 is 49.9 Å². The molecule has 0 amide bonds. The van der Waals surface area contributed by atoms with Gasteiger partial charge in [-0.2, -0.15) is 18.3 Å². The predicted molar refractivity (Wildman–Crippen MR) is 78.2 cm³/mol. The predicted octanol–water partition coefficient (Wildman–Crippen LogP) is 2.80. The molecule has 0 aromatic carbocycles. The molecule has 1 aliphatic carbocycles. The molecule has 1 aliphatic rings. The highest BCUT2D eigenvalue weighted by Gasteiger charge is 2.51. The number of thiophene rings is 1. The number of halogens is 5. The lowest BCUT2D eigenvalue weighted by atomic mass is 10.1. The third kappa shape index (κ3) is 2.85. The Labute approximate surface area is 142 Å². The lowest BCUT2D eigenvalue weighted by molar-refractivity contribution is -0.141. The Morgan fingerprint density at radius 1 is 1.40 bits per heavy atom. The highest BCUT2D eigenvalue weighted by molar-refractivity contribution is 7.92. The Kier molecular flexibility index (Phi) is 3.83. The molecule has 0 radical (unpaired) electrons. The van der Waals surface area contributed by atoms with Gasteiger partial charge < -0.3 is 5.11 Å². The SMILES string of the molecule is Cn1nc(C(F)(F)F)cc1-c1sc(S(C)(=O)=O)c2c1CC(F)(F)[C@H]2O. The molecule has 0 unspecified atom stereocenters. The molecule has 138 valence electrons. The third-order valence-corrected chi connectivity index (χ3v) is 6.96. The number of hydrogen-bond donors (Lipinski definition) is 1. The number of sulfone groups is 1. The molecule has 5 nitrogen and oxygen atoms in total. The van der Waals surface area contributed by atoms with Crippen LogP contribution in [-0.4, -0.2) is 35.5 Å². The monoisotopic (exact) mass is 402 g/mol. The van der Waals surface area contributed by atoms with E-state index >= 15 is 0 Å². The molecular formula is C13H11F5N2O3S2. The van der Waals surface area contributed by atoms with Gasteiger partial charge in [0.2, 0.25) is 0 Å². The molecule has 3 rings (SSSR count). The van der Waals surface area contributed by atoms with E-state index in [9.17, 15) is 35.5 Å². The van der Waals surface area contributed by atoms with Gasteiger partial charge in [0.15, 0.2) is 15.5 Å². The van der Waals surface area contributed by atoms with E-state index in [2.05, 4.69) is 5.10 Å². The normalized spacial score (nSPS) is 20.1. The van der Waals surface area contributed by atoms with Crippen LogP contribution in [0.1, 0.15) is 22.9 Å². The Balaban J connectivity index is 2.28. The first kappa shape index (κ1) is 18.3. The van der Waals surface area contributed by atoms with Gasteiger partial charge in [0, 0.05) is 25.3 Å². The number of aryl methyl sites for hydroxylation is 1. The first-order chi connectivity index (χ1) is 11.2. The van der Waals surface area contributed by atoms with E-state index in [1.807, 2.05) is 0 Å². The Hall–Kier alpha value is -1.53. The smallest absolute Gasteiger partial charge is 0.382 e. The largest absolute Gasteiger partial charge is 0.435 e. The zero-order chi connectivity index (χ0) is 18.9. The average molecular weight is 402 g/mol. The molecule has 0 saturated heterocycles. The summed E-state index contributed by atoms with van der Waals surface area (Å²) < 4.78 is 90.4. The van der Waals surface area contributed by atoms with E-state index in [1.54, 1.807) is 0 Å². The summed E-state index contributed by atoms with van der Waals surface area (Å²) in [4.78, 5) is -0.0721. The van der Waals surface area contributed by atoms with Crippen molar-refractivity contribution in [2.75, 3.05) is 6.26 Å². The van der Waals surface area contributed by atoms with Gasteiger partial charge in [0.05, 0.1) is 10.6 Å². The van der Waals surface area contributed by atoms with Crippen LogP contribution in [-0.2, 0) is 29.5 Å². The fourth-order valence-corrected chi connectivity index (χ4v) is 5.37. The van der Waals surface area contributed by atoms with Gasteiger partial charge in [0.25, 0.3) is 5.92 Å². The van der Waals surface area contributed by atoms with Crippen LogP contribution in [0.2, 0.25) is 0 Å². The zero-order valence-electron chi connectivity index (χ0n) is 12.7. The van der Waals surface area contributed by atoms with Crippen LogP contribution in [0.15, 0.2) is 10.3 Å². The lowest BCUT2D eigenvalue weighted by Gasteiger charge is -2.14. The molecule has 25 heavy (non-hydrogen) atoms. The van der Waals surface area contributed by atoms with E-state index in [4.69, 9.17) is 0 Å². The van der Waals surface area contributed by atoms with E-state index in [1.165, 1.54) is 7.05 Å². The highest BCUT2D eigenvalue weighted by atomic mass is 32.2. The number of aliphatic hydroxyl groups excluding tert-OH is 1. The fourth-order valence-electron chi connectivity index (χ4n) is 2.75. The van der Waals surface area contributed by atoms with Gasteiger partial charge in [-0.1, -0.05) is 0 Å². The Bertz CT molecular complexity index is 959. The van der Waals surface area contributed by atoms with Crippen molar-refractivity contribution in [2.24, 2.45) is 7.05 Å². The molecule has 0 spiro atoms. The maximum Gasteiger partial charge on any atom is 0.435 e. The second-order valence-electron chi connectivity index (χ2n) is 5.76. The Morgan fingerprint density at radius 2 is 2.00 bits per heavy atom. The van der Waals surface area contributed by atoms with Crippen molar-refractivity contribution in [3.63, 3.8) is 0 Å². The minimum Gasteiger partial charge on any atom is -0.382 e. The molecule has 0 bridgehead atoms. The van der Waals surface area contributed by atoms with Crippen molar-refractivity contribution < 1.29 is 35.5 Å². The number of aromatic nitrogens is 2. The van der Waals surface area contributed by atoms with Crippen molar-refractivity contribution in [1.29, 1.82) is 0 Å². The number of nitrogens with zero attached hydrogens (tertiary/aromatic N) is 2. The summed E-state index contributed by atoms with van der Waals surface area (Å²) in [5, 5.41) is 13.1. The van der Waals surface area contributed by atoms with Crippen LogP contribution in [0.25, 0.3) is 10.6 Å². The number of hydrogen-bond acceptors (Lipinski definition) is 5. The summed E-state index contributed by atoms with van der Waals surface area (Å²) in [6.45, 7) is 0. The summed E-state index contributed by atoms with van der Waals surface area (Å²) in [6, 6.07) is 0.668. The van der Waals surface area contributed by atoms with Crippen molar-refractivity contribution >= 4 is 21.2 Å². The summed E-state index contributed by atoms with van der Waals surface area (Å²) in [5.41, 5.74) is -1.98. The minimum absolute atomic E-state index is 0.0721. The minimum atomic E-state index is -4.74. The van der Waals surface area contributed by atoms with Crippen molar-refractivity contribution in [2.45, 2.75) is 28.8 Å². The first-order valence-corrected chi connectivity index (χ1v) is 9.47. The lowest BCUT2D eigenvalue weighted by Crippen LogP contribution is -2.22. The second-order valence-corrected chi connectivity index (χ2v) is 8.99. The molecule has 2 aromatic rings. The fraction of sp³-hybridized carbons (Fsp3) is 0.462. The van der Waals surface area contributed by atoms with Crippen LogP contribution in [0.5, 0.6) is 0 Å². The van der Waals surface area contributed by atoms with Gasteiger partial charge in [-0.3, -0.25) is 4.68 Å². The molecule has 2 aromatic heterocycles. The topological polar surface area (TPSA) is 72.2 Å². The molecule has 0 aliphatic heterocycles. The van der Waals surface area contributed by atoms with Crippen LogP contribution in [0.4, 0.5) is 22.0 Å². The molecule has 0 fully saturated rings. The third-order valence-electron chi connectivity index (χ3n) is 3.84. The van der Waals surface area contributed by atoms with Gasteiger partial charge in [-0.05, 0) is 11.6 Å². The van der Waals surface area contributed by atoms with E-state index in [0.717, 1.165) is 10.9 Å². The first-order valence-electron chi connectivity index (χ1n) is 6.76. The maximum atomic E-state index is 13.9. The van der Waals surface area contributed by atoms with Crippen LogP contribution < -0.4 is 0 Å². The maximum absolute atomic E-state index is 13.9. The average Bonchev–Trinajstić information content (AvgIpc) is 3.03. The molecule has 12 heteroatoms. The van der Waals surface area contributed by atoms with Crippen molar-refractivity contribution in [1.82, 2.24) is 9.78 Å². The summed E-state index contributed by atoms with van der Waals surface area (Å²) in [5.74, 6) is -3.60. The molecule has 2 heterocycles. The second kappa shape index (κ2) is 5.24. The standard InChI is InChI=1S/C13H11F5N2O3S2/c1-20-6(3-7(19-20)13(16,17)18)9-5-4-12(14,15)10(21)8(5)11(24-9)25(2,22)23/h3,10,21H,4H2,1-2H3/t10-/m0/s1. The van der Waals surface area contributed by atoms with Crippen LogP contribution in [0, 0.1) is 0 Å². The van der Waals surface area contributed by atoms with Crippen LogP contribution >= 0.6 is 11.3 Å².